The molecule has 4 atom stereocenters. The topological polar surface area (TPSA) is 532 Å². The van der Waals surface area contributed by atoms with Crippen molar-refractivity contribution in [3.8, 4) is 0 Å². The number of carbonyl (C=O) groups excluding carboxylic acids is 7. The number of nitrogens with zero attached hydrogens (tertiary/aromatic N) is 8. The monoisotopic (exact) mass is 1880 g/mol. The number of amides is 7. The van der Waals surface area contributed by atoms with Gasteiger partial charge in [-0.2, -0.15) is 0 Å². The molecule has 2 saturated heterocycles. The van der Waals surface area contributed by atoms with Gasteiger partial charge in [0.2, 0.25) is 29.5 Å². The molecule has 623 valence electrons. The second-order valence-electron chi connectivity index (χ2n) is 27.3. The number of urea groups is 1. The van der Waals surface area contributed by atoms with Gasteiger partial charge in [-0.15, -0.1) is 0 Å². The zero-order valence-corrected chi connectivity index (χ0v) is 70.4. The molecule has 5 rings (SSSR count). The van der Waals surface area contributed by atoms with E-state index in [1.165, 1.54) is 6.92 Å². The molecule has 0 bridgehead atoms. The number of carbonyl (C=O) groups is 12. The zero-order valence-electron chi connectivity index (χ0n) is 63.1. The number of thiocarbonyl (C=S) groups is 3. The number of hydrogen-bond donors (Lipinski definition) is 17. The molecule has 4 unspecified atom stereocenters. The SMILES string of the molecule is CC(=O)CCCC(NC(=O)NC(CCCCNC(=S)Nc1ccc(CC(=O)N(CCNC(=S)Nc2ccc(CC3CN(CC(N)=O)CCN(CC(N)=O)CCN(CC(N)=O)CCN3CC(N)=O)cc2)CCNC(=S)Nc2ccc(CC3CN(CC(=O)O)CCN(CC(=O)O)CCN3CC(=O)O)cc2)cc1)C(=O)O)C(=O)O.[64Cu+2].[Pb]. The molecule has 42 heteroatoms. The van der Waals surface area contributed by atoms with E-state index in [1.54, 1.807) is 56.0 Å². The molecule has 0 aromatic heterocycles. The Morgan fingerprint density at radius 3 is 1.17 bits per heavy atom. The summed E-state index contributed by atoms with van der Waals surface area (Å²) in [4.78, 5) is 161. The van der Waals surface area contributed by atoms with E-state index in [0.717, 1.165) is 11.1 Å². The Morgan fingerprint density at radius 1 is 0.442 bits per heavy atom. The van der Waals surface area contributed by atoms with E-state index in [9.17, 15) is 83.1 Å². The van der Waals surface area contributed by atoms with Crippen LogP contribution in [0.4, 0.5) is 21.9 Å². The number of nitrogens with two attached hydrogens (primary N) is 4. The van der Waals surface area contributed by atoms with Crippen molar-refractivity contribution in [2.45, 2.75) is 88.9 Å². The third-order valence-electron chi connectivity index (χ3n) is 18.2. The maximum absolute atomic E-state index is 14.3. The maximum Gasteiger partial charge on any atom is 2.00 e. The number of aliphatic carboxylic acids is 5. The number of anilines is 3. The Kier molecular flexibility index (Phi) is 46.2. The predicted octanol–water partition coefficient (Wildman–Crippen LogP) is -2.77. The summed E-state index contributed by atoms with van der Waals surface area (Å²) >= 11 is 17.0. The number of carboxylic acid groups (broad SMARTS) is 5. The van der Waals surface area contributed by atoms with Crippen LogP contribution in [0.3, 0.4) is 0 Å². The first kappa shape index (κ1) is 98.7. The summed E-state index contributed by atoms with van der Waals surface area (Å²) in [5, 5.41) is 72.6. The van der Waals surface area contributed by atoms with Crippen molar-refractivity contribution in [3.05, 3.63) is 89.5 Å². The van der Waals surface area contributed by atoms with Crippen LogP contribution in [0, 0.1) is 0 Å². The number of nitrogens with one attached hydrogen (secondary N) is 8. The van der Waals surface area contributed by atoms with Gasteiger partial charge < -0.3 is 101 Å². The van der Waals surface area contributed by atoms with Crippen LogP contribution in [0.2, 0.25) is 0 Å². The van der Waals surface area contributed by atoms with Gasteiger partial charge in [0.15, 0.2) is 15.3 Å². The summed E-state index contributed by atoms with van der Waals surface area (Å²) in [5.41, 5.74) is 26.9. The van der Waals surface area contributed by atoms with Gasteiger partial charge in [0.25, 0.3) is 0 Å². The average molecular weight is 1880 g/mol. The fraction of sp³-hybridized carbons (Fsp3) is 0.535. The van der Waals surface area contributed by atoms with Crippen LogP contribution in [-0.2, 0) is 89.1 Å². The van der Waals surface area contributed by atoms with E-state index >= 15 is 0 Å². The number of ketones is 1. The van der Waals surface area contributed by atoms with Crippen LogP contribution in [0.25, 0.3) is 0 Å². The van der Waals surface area contributed by atoms with Gasteiger partial charge in [-0.05, 0) is 142 Å². The van der Waals surface area contributed by atoms with Gasteiger partial charge in [0.05, 0.1) is 52.2 Å². The molecular weight excluding hydrogens is 1770 g/mol. The average Bonchev–Trinajstić information content (AvgIpc) is 1.85. The summed E-state index contributed by atoms with van der Waals surface area (Å²) < 4.78 is 0. The Morgan fingerprint density at radius 2 is 0.779 bits per heavy atom. The fourth-order valence-electron chi connectivity index (χ4n) is 12.7. The molecule has 0 saturated carbocycles. The minimum atomic E-state index is -1.32. The van der Waals surface area contributed by atoms with Crippen molar-refractivity contribution in [3.63, 3.8) is 0 Å². The maximum atomic E-state index is 14.3. The summed E-state index contributed by atoms with van der Waals surface area (Å²) in [6.45, 7) is 4.67. The van der Waals surface area contributed by atoms with E-state index in [-0.39, 0.29) is 215 Å². The largest absolute Gasteiger partial charge is 2.00 e. The molecule has 2 aliphatic rings. The normalized spacial score (nSPS) is 16.4. The molecule has 7 amide bonds. The van der Waals surface area contributed by atoms with Crippen LogP contribution in [-0.4, -0.2) is 360 Å². The smallest absolute Gasteiger partial charge is 0.480 e. The summed E-state index contributed by atoms with van der Waals surface area (Å²) in [5.74, 6) is -8.46. The first-order valence-electron chi connectivity index (χ1n) is 36.3. The van der Waals surface area contributed by atoms with Gasteiger partial charge in [-0.25, -0.2) is 14.4 Å². The number of rotatable bonds is 42. The molecule has 37 nitrogen and oxygen atoms in total. The molecule has 0 spiro atoms. The third kappa shape index (κ3) is 41.4. The van der Waals surface area contributed by atoms with Crippen molar-refractivity contribution in [1.82, 2.24) is 65.8 Å². The minimum Gasteiger partial charge on any atom is -0.480 e. The standard InChI is InChI=1S/C71H106N20O17S3.Cu.Pb/c1-47(92)5-4-7-57(67(106)107)83-68(108)82-56(66(104)105)6-2-3-20-76-69(109)79-53-18-12-50(13-19-53)37-62(97)89(24-22-78-71(111)81-52-16-10-49(11-17-52)36-55-39-88(45-64(100)101)30-28-86(44-63(98)99)32-34-91(55)46-65(102)103)23-21-77-70(110)80-51-14-8-48(9-15-51)35-54-38-87(42-60(74)95)29-27-84(40-58(72)93)25-26-85(41-59(73)94)31-33-90(54)43-61(75)96;;/h8-19,54-57H,2-7,20-46H2,1H3,(H2,72,93)(H2,73,94)(H2,74,95)(H2,75,96)(H,98,99)(H,100,101)(H,102,103)(H,104,105)(H,106,107)(H2,76,79,109)(H2,77,80,110)(H2,78,81,111)(H2,82,83,108);;/q;+2;/i;1+0;. The molecule has 3 aromatic rings. The van der Waals surface area contributed by atoms with Crippen LogP contribution >= 0.6 is 36.7 Å². The minimum absolute atomic E-state index is 0. The quantitative estimate of drug-likeness (QED) is 0.0155. The molecule has 5 radical (unpaired) electrons. The Hall–Kier alpha value is -8.47. The van der Waals surface area contributed by atoms with Crippen molar-refractivity contribution >= 4 is 168 Å². The number of Topliss-reactive ketones (excluding diaryl/α,β-unsaturated/α-hetero) is 1. The predicted molar refractivity (Wildman–Crippen MR) is 431 cm³/mol. The van der Waals surface area contributed by atoms with Crippen LogP contribution < -0.4 is 65.5 Å². The Bertz CT molecular complexity index is 3660. The Labute approximate surface area is 703 Å². The second-order valence-corrected chi connectivity index (χ2v) is 28.5. The van der Waals surface area contributed by atoms with Gasteiger partial charge in [0.1, 0.15) is 17.9 Å². The first-order valence-corrected chi connectivity index (χ1v) is 37.6. The number of unbranched alkanes of at least 4 members (excludes halogenated alkanes) is 1. The van der Waals surface area contributed by atoms with E-state index in [1.807, 2.05) is 56.0 Å². The van der Waals surface area contributed by atoms with E-state index < -0.39 is 83.7 Å². The van der Waals surface area contributed by atoms with Gasteiger partial charge >= 0.3 is 52.9 Å². The van der Waals surface area contributed by atoms with E-state index in [4.69, 9.17) is 59.6 Å². The molecule has 2 heterocycles. The van der Waals surface area contributed by atoms with Crippen LogP contribution in [0.5, 0.6) is 0 Å². The molecule has 21 N–H and O–H groups in total. The van der Waals surface area contributed by atoms with E-state index in [0.29, 0.717) is 94.1 Å². The number of carboxylic acids is 5. The van der Waals surface area contributed by atoms with Gasteiger partial charge in [-0.3, -0.25) is 72.7 Å². The first-order chi connectivity index (χ1) is 52.7. The van der Waals surface area contributed by atoms with Crippen LogP contribution in [0.1, 0.15) is 62.1 Å². The number of hydrogen-bond acceptors (Lipinski definition) is 22. The molecular formula is C71H106CuN20O17PbS3+2. The summed E-state index contributed by atoms with van der Waals surface area (Å²) in [6.07, 6.45) is 1.91. The van der Waals surface area contributed by atoms with Crippen LogP contribution in [0.15, 0.2) is 72.8 Å². The number of benzene rings is 3. The van der Waals surface area contributed by atoms with Crippen molar-refractivity contribution < 1.29 is 100 Å². The zero-order chi connectivity index (χ0) is 81.5. The molecule has 2 fully saturated rings. The second kappa shape index (κ2) is 52.8. The molecule has 113 heavy (non-hydrogen) atoms. The summed E-state index contributed by atoms with van der Waals surface area (Å²) in [7, 11) is 0. The number of primary amides is 4. The van der Waals surface area contributed by atoms with Crippen molar-refractivity contribution in [2.24, 2.45) is 22.9 Å². The van der Waals surface area contributed by atoms with Crippen molar-refractivity contribution in [2.75, 3.05) is 173 Å². The van der Waals surface area contributed by atoms with Gasteiger partial charge in [-0.1, -0.05) is 36.4 Å². The van der Waals surface area contributed by atoms with Crippen molar-refractivity contribution in [1.29, 1.82) is 0 Å². The van der Waals surface area contributed by atoms with Gasteiger partial charge in [0, 0.05) is 174 Å². The molecule has 2 aliphatic heterocycles. The van der Waals surface area contributed by atoms with E-state index in [2.05, 4.69) is 42.5 Å². The molecule has 0 aliphatic carbocycles. The fourth-order valence-corrected chi connectivity index (χ4v) is 13.3. The summed E-state index contributed by atoms with van der Waals surface area (Å²) in [6, 6.07) is 17.3. The molecule has 3 aromatic carbocycles. The third-order valence-corrected chi connectivity index (χ3v) is 18.9. The Balaban J connectivity index is 0.0000165.